The molecular weight excluding hydrogens is 451 g/mol. The zero-order chi connectivity index (χ0) is 17.4. The van der Waals surface area contributed by atoms with Crippen LogP contribution in [-0.4, -0.2) is 52.2 Å². The van der Waals surface area contributed by atoms with E-state index in [4.69, 9.17) is 4.52 Å². The number of thioether (sulfide) groups is 1. The van der Waals surface area contributed by atoms with Gasteiger partial charge in [0.1, 0.15) is 5.69 Å². The van der Waals surface area contributed by atoms with Gasteiger partial charge in [-0.2, -0.15) is 16.7 Å². The fraction of sp³-hybridized carbons (Fsp3) is 0.500. The van der Waals surface area contributed by atoms with Crippen molar-refractivity contribution >= 4 is 41.7 Å². The second-order valence-electron chi connectivity index (χ2n) is 5.80. The average molecular weight is 476 g/mol. The van der Waals surface area contributed by atoms with Crippen LogP contribution in [0.2, 0.25) is 0 Å². The summed E-state index contributed by atoms with van der Waals surface area (Å²) < 4.78 is 5.40. The first kappa shape index (κ1) is 21.7. The second-order valence-corrected chi connectivity index (χ2v) is 7.31. The first-order valence-electron chi connectivity index (χ1n) is 7.78. The van der Waals surface area contributed by atoms with Crippen molar-refractivity contribution in [2.24, 2.45) is 4.99 Å². The van der Waals surface area contributed by atoms with Crippen LogP contribution in [0.25, 0.3) is 11.6 Å². The number of nitrogens with one attached hydrogen (secondary N) is 2. The molecule has 0 radical (unpaired) electrons. The van der Waals surface area contributed by atoms with Gasteiger partial charge in [-0.25, -0.2) is 0 Å². The van der Waals surface area contributed by atoms with Crippen molar-refractivity contribution in [1.82, 2.24) is 25.8 Å². The Kier molecular flexibility index (Phi) is 9.19. The maximum absolute atomic E-state index is 5.24. The summed E-state index contributed by atoms with van der Waals surface area (Å²) in [7, 11) is 1.76. The van der Waals surface area contributed by atoms with E-state index in [1.54, 1.807) is 13.2 Å². The first-order valence-corrected chi connectivity index (χ1v) is 9.00. The zero-order valence-electron chi connectivity index (χ0n) is 14.9. The third kappa shape index (κ3) is 7.18. The minimum Gasteiger partial charge on any atom is -0.356 e. The van der Waals surface area contributed by atoms with E-state index in [1.165, 1.54) is 0 Å². The molecule has 2 aromatic rings. The summed E-state index contributed by atoms with van der Waals surface area (Å²) in [5.74, 6) is 1.85. The summed E-state index contributed by atoms with van der Waals surface area (Å²) in [5, 5.41) is 10.6. The Hall–Kier alpha value is -1.36. The molecule has 0 amide bonds. The maximum Gasteiger partial charge on any atom is 0.276 e. The van der Waals surface area contributed by atoms with E-state index in [2.05, 4.69) is 50.9 Å². The number of guanidine groups is 1. The number of rotatable bonds is 7. The van der Waals surface area contributed by atoms with Crippen LogP contribution in [0.3, 0.4) is 0 Å². The predicted molar refractivity (Wildman–Crippen MR) is 114 cm³/mol. The Balaban J connectivity index is 0.00000312. The third-order valence-corrected chi connectivity index (χ3v) is 4.70. The van der Waals surface area contributed by atoms with Crippen LogP contribution in [0.1, 0.15) is 19.7 Å². The zero-order valence-corrected chi connectivity index (χ0v) is 18.1. The fourth-order valence-electron chi connectivity index (χ4n) is 1.83. The molecule has 0 atom stereocenters. The van der Waals surface area contributed by atoms with Crippen molar-refractivity contribution < 1.29 is 4.52 Å². The van der Waals surface area contributed by atoms with Crippen molar-refractivity contribution in [3.05, 3.63) is 30.2 Å². The Morgan fingerprint density at radius 2 is 2.12 bits per heavy atom. The Bertz CT molecular complexity index is 662. The molecule has 2 aromatic heterocycles. The molecule has 138 valence electrons. The van der Waals surface area contributed by atoms with Crippen molar-refractivity contribution in [3.8, 4) is 11.6 Å². The molecule has 2 heterocycles. The van der Waals surface area contributed by atoms with Gasteiger partial charge >= 0.3 is 0 Å². The molecule has 7 nitrogen and oxygen atoms in total. The van der Waals surface area contributed by atoms with E-state index in [-0.39, 0.29) is 28.7 Å². The summed E-state index contributed by atoms with van der Waals surface area (Å²) in [6.07, 6.45) is 4.45. The van der Waals surface area contributed by atoms with E-state index in [0.717, 1.165) is 12.5 Å². The molecule has 25 heavy (non-hydrogen) atoms. The van der Waals surface area contributed by atoms with Crippen LogP contribution in [0.5, 0.6) is 0 Å². The molecule has 0 unspecified atom stereocenters. The van der Waals surface area contributed by atoms with Gasteiger partial charge in [-0.15, -0.1) is 24.0 Å². The Morgan fingerprint density at radius 3 is 2.76 bits per heavy atom. The van der Waals surface area contributed by atoms with Gasteiger partial charge < -0.3 is 15.2 Å². The molecule has 0 fully saturated rings. The number of aromatic nitrogens is 3. The van der Waals surface area contributed by atoms with Gasteiger partial charge in [0.25, 0.3) is 5.89 Å². The van der Waals surface area contributed by atoms with Gasteiger partial charge in [-0.05, 0) is 32.2 Å². The Morgan fingerprint density at radius 1 is 1.32 bits per heavy atom. The molecule has 0 aliphatic rings. The normalized spacial score (nSPS) is 11.8. The standard InChI is InChI=1S/C16H24N6OS.HI/c1-16(2,24-4)11-20-15(17-3)19-10-8-13-21-14(23-22-13)12-7-5-6-9-18-12;/h5-7,9H,8,10-11H2,1-4H3,(H2,17,19,20);1H. The van der Waals surface area contributed by atoms with Crippen molar-refractivity contribution in [3.63, 3.8) is 0 Å². The fourth-order valence-corrected chi connectivity index (χ4v) is 2.05. The van der Waals surface area contributed by atoms with Gasteiger partial charge in [-0.3, -0.25) is 9.98 Å². The number of hydrogen-bond donors (Lipinski definition) is 2. The summed E-state index contributed by atoms with van der Waals surface area (Å²) in [5.41, 5.74) is 0.681. The van der Waals surface area contributed by atoms with E-state index >= 15 is 0 Å². The highest BCUT2D eigenvalue weighted by Gasteiger charge is 2.16. The summed E-state index contributed by atoms with van der Waals surface area (Å²) in [6, 6.07) is 5.58. The Labute approximate surface area is 169 Å². The minimum atomic E-state index is 0. The molecule has 2 N–H and O–H groups in total. The number of nitrogens with zero attached hydrogens (tertiary/aromatic N) is 4. The lowest BCUT2D eigenvalue weighted by Gasteiger charge is -2.23. The molecule has 0 spiro atoms. The minimum absolute atomic E-state index is 0. The van der Waals surface area contributed by atoms with Gasteiger partial charge in [0.15, 0.2) is 11.8 Å². The monoisotopic (exact) mass is 476 g/mol. The van der Waals surface area contributed by atoms with Crippen LogP contribution in [0, 0.1) is 0 Å². The maximum atomic E-state index is 5.24. The molecular formula is C16H25IN6OS. The molecule has 2 rings (SSSR count). The highest BCUT2D eigenvalue weighted by Crippen LogP contribution is 2.19. The topological polar surface area (TPSA) is 88.2 Å². The van der Waals surface area contributed by atoms with Crippen LogP contribution in [0.15, 0.2) is 33.9 Å². The molecule has 9 heteroatoms. The lowest BCUT2D eigenvalue weighted by atomic mass is 10.2. The SMILES string of the molecule is CN=C(NCCc1noc(-c2ccccn2)n1)NCC(C)(C)SC.I. The van der Waals surface area contributed by atoms with Gasteiger partial charge in [0.05, 0.1) is 0 Å². The van der Waals surface area contributed by atoms with Crippen LogP contribution < -0.4 is 10.6 Å². The van der Waals surface area contributed by atoms with E-state index in [1.807, 2.05) is 30.0 Å². The highest BCUT2D eigenvalue weighted by atomic mass is 127. The molecule has 0 aliphatic heterocycles. The van der Waals surface area contributed by atoms with Gasteiger partial charge in [0, 0.05) is 37.5 Å². The smallest absolute Gasteiger partial charge is 0.276 e. The molecule has 0 bridgehead atoms. The highest BCUT2D eigenvalue weighted by molar-refractivity contribution is 14.0. The largest absolute Gasteiger partial charge is 0.356 e. The summed E-state index contributed by atoms with van der Waals surface area (Å²) in [6.45, 7) is 5.88. The molecule has 0 aromatic carbocycles. The summed E-state index contributed by atoms with van der Waals surface area (Å²) in [4.78, 5) is 12.8. The van der Waals surface area contributed by atoms with Crippen molar-refractivity contribution in [2.45, 2.75) is 25.0 Å². The number of pyridine rings is 1. The van der Waals surface area contributed by atoms with Gasteiger partial charge in [0.2, 0.25) is 0 Å². The van der Waals surface area contributed by atoms with E-state index in [9.17, 15) is 0 Å². The third-order valence-electron chi connectivity index (χ3n) is 3.45. The summed E-state index contributed by atoms with van der Waals surface area (Å²) >= 11 is 1.82. The van der Waals surface area contributed by atoms with Crippen LogP contribution in [0.4, 0.5) is 0 Å². The molecule has 0 saturated carbocycles. The lowest BCUT2D eigenvalue weighted by Crippen LogP contribution is -2.43. The lowest BCUT2D eigenvalue weighted by molar-refractivity contribution is 0.421. The van der Waals surface area contributed by atoms with Crippen molar-refractivity contribution in [1.29, 1.82) is 0 Å². The number of halogens is 1. The quantitative estimate of drug-likeness (QED) is 0.361. The van der Waals surface area contributed by atoms with E-state index < -0.39 is 0 Å². The van der Waals surface area contributed by atoms with Crippen LogP contribution in [-0.2, 0) is 6.42 Å². The first-order chi connectivity index (χ1) is 11.5. The number of aliphatic imine (C=N–C) groups is 1. The van der Waals surface area contributed by atoms with Gasteiger partial charge in [-0.1, -0.05) is 11.2 Å². The molecule has 0 saturated heterocycles. The number of hydrogen-bond acceptors (Lipinski definition) is 6. The average Bonchev–Trinajstić information content (AvgIpc) is 3.07. The van der Waals surface area contributed by atoms with Crippen molar-refractivity contribution in [2.75, 3.05) is 26.4 Å². The van der Waals surface area contributed by atoms with E-state index in [0.29, 0.717) is 30.4 Å². The second kappa shape index (κ2) is 10.6. The molecule has 0 aliphatic carbocycles. The predicted octanol–water partition coefficient (Wildman–Crippen LogP) is 2.60. The van der Waals surface area contributed by atoms with Crippen LogP contribution >= 0.6 is 35.7 Å².